The van der Waals surface area contributed by atoms with Crippen LogP contribution in [0.5, 0.6) is 0 Å². The number of aromatic nitrogens is 5. The topological polar surface area (TPSA) is 206 Å². The number of hydrogen-bond acceptors (Lipinski definition) is 10. The van der Waals surface area contributed by atoms with Crippen LogP contribution in [0.15, 0.2) is 24.5 Å². The van der Waals surface area contributed by atoms with Gasteiger partial charge in [0.1, 0.15) is 10.8 Å². The fraction of sp³-hybridized carbons (Fsp3) is 0.433. The normalized spacial score (nSPS) is 19.0. The van der Waals surface area contributed by atoms with Crippen molar-refractivity contribution in [1.82, 2.24) is 29.9 Å². The first-order valence-corrected chi connectivity index (χ1v) is 17.3. The number of nitrogens with zero attached hydrogens (tertiary/aromatic N) is 5. The van der Waals surface area contributed by atoms with Crippen molar-refractivity contribution >= 4 is 63.3 Å². The molecule has 0 unspecified atom stereocenters. The lowest BCUT2D eigenvalue weighted by Gasteiger charge is -2.29. The summed E-state index contributed by atoms with van der Waals surface area (Å²) in [4.78, 5) is 42.8. The van der Waals surface area contributed by atoms with Crippen LogP contribution in [0.1, 0.15) is 54.3 Å². The van der Waals surface area contributed by atoms with E-state index in [1.54, 1.807) is 15.9 Å². The van der Waals surface area contributed by atoms with Gasteiger partial charge >= 0.3 is 36.4 Å². The van der Waals surface area contributed by atoms with E-state index in [0.717, 1.165) is 62.4 Å². The molecule has 4 aromatic rings. The van der Waals surface area contributed by atoms with Crippen molar-refractivity contribution in [1.29, 1.82) is 0 Å². The lowest BCUT2D eigenvalue weighted by Crippen LogP contribution is -2.37. The van der Waals surface area contributed by atoms with Crippen molar-refractivity contribution in [2.45, 2.75) is 81.5 Å². The first-order chi connectivity index (χ1) is 25.0. The van der Waals surface area contributed by atoms with Crippen molar-refractivity contribution in [3.63, 3.8) is 0 Å². The summed E-state index contributed by atoms with van der Waals surface area (Å²) >= 11 is 4.13. The number of nitrogens with one attached hydrogen (secondary N) is 1. The Morgan fingerprint density at radius 2 is 1.39 bits per heavy atom. The van der Waals surface area contributed by atoms with E-state index >= 15 is 0 Å². The average Bonchev–Trinajstić information content (AvgIpc) is 3.86. The first kappa shape index (κ1) is 42.4. The van der Waals surface area contributed by atoms with Gasteiger partial charge in [0.25, 0.3) is 0 Å². The molecule has 0 spiro atoms. The Morgan fingerprint density at radius 3 is 1.85 bits per heavy atom. The van der Waals surface area contributed by atoms with Crippen LogP contribution in [0, 0.1) is 3.57 Å². The molecule has 294 valence electrons. The number of alkyl halides is 9. The molecule has 2 fully saturated rings. The number of nitrogen functional groups attached to an aromatic ring is 1. The molecule has 2 saturated heterocycles. The third kappa shape index (κ3) is 10.5. The van der Waals surface area contributed by atoms with Gasteiger partial charge in [-0.25, -0.2) is 24.4 Å². The van der Waals surface area contributed by atoms with Gasteiger partial charge < -0.3 is 26.4 Å². The zero-order valence-corrected chi connectivity index (χ0v) is 30.0. The second-order valence-corrected chi connectivity index (χ2v) is 14.0. The lowest BCUT2D eigenvalue weighted by molar-refractivity contribution is -0.193. The van der Waals surface area contributed by atoms with Crippen LogP contribution in [0.4, 0.5) is 45.3 Å². The average molecular weight is 912 g/mol. The van der Waals surface area contributed by atoms with Gasteiger partial charge in [0.05, 0.1) is 26.8 Å². The summed E-state index contributed by atoms with van der Waals surface area (Å²) in [5, 5.41) is 30.7. The third-order valence-electron chi connectivity index (χ3n) is 8.12. The molecule has 7 rings (SSSR count). The van der Waals surface area contributed by atoms with Crippen molar-refractivity contribution in [3.05, 3.63) is 44.4 Å². The Bertz CT molecular complexity index is 1910. The third-order valence-corrected chi connectivity index (χ3v) is 10.4. The van der Waals surface area contributed by atoms with Crippen LogP contribution in [0.2, 0.25) is 0 Å². The second kappa shape index (κ2) is 16.6. The molecule has 6 heterocycles. The number of hydrogen-bond donors (Lipinski definition) is 5. The van der Waals surface area contributed by atoms with Gasteiger partial charge in [-0.2, -0.15) is 49.1 Å². The van der Waals surface area contributed by atoms with Crippen molar-refractivity contribution < 1.29 is 69.2 Å². The number of fused-ring (bicyclic) bond motifs is 4. The maximum absolute atomic E-state index is 10.6. The zero-order chi connectivity index (χ0) is 40.3. The Morgan fingerprint density at radius 1 is 0.852 bits per heavy atom. The van der Waals surface area contributed by atoms with E-state index in [0.29, 0.717) is 23.8 Å². The largest absolute Gasteiger partial charge is 0.490 e. The highest BCUT2D eigenvalue weighted by atomic mass is 127. The number of carboxylic acids is 3. The van der Waals surface area contributed by atoms with Gasteiger partial charge in [0, 0.05) is 40.2 Å². The number of carboxylic acid groups (broad SMARTS) is 3. The van der Waals surface area contributed by atoms with Crippen molar-refractivity contribution in [2.75, 3.05) is 5.73 Å². The molecule has 1 aliphatic carbocycles. The summed E-state index contributed by atoms with van der Waals surface area (Å²) < 4.78 is 98.0. The molecule has 13 nitrogen and oxygen atoms in total. The van der Waals surface area contributed by atoms with Gasteiger partial charge in [-0.3, -0.25) is 4.98 Å². The van der Waals surface area contributed by atoms with E-state index in [1.165, 1.54) is 29.8 Å². The molecule has 24 heteroatoms. The van der Waals surface area contributed by atoms with Crippen molar-refractivity contribution in [3.8, 4) is 21.8 Å². The Balaban J connectivity index is 0.000000255. The Kier molecular flexibility index (Phi) is 13.0. The highest BCUT2D eigenvalue weighted by Crippen LogP contribution is 2.40. The fourth-order valence-corrected chi connectivity index (χ4v) is 7.66. The van der Waals surface area contributed by atoms with Crippen LogP contribution in [-0.4, -0.2) is 88.4 Å². The minimum absolute atomic E-state index is 0.443. The number of piperidine rings is 1. The molecular formula is C30H27F9IN7O6S. The SMILES string of the molecule is Nc1c(I)c([C@H]2C[C@H]3CC[C@@H](C2)N3)nc2c(-c3ccc(-c4nc5c(s4)CCC5)nc3)cnn12.O=C(O)C(F)(F)F.O=C(O)C(F)(F)F.O=C(O)C(F)(F)F. The van der Waals surface area contributed by atoms with Gasteiger partial charge in [0.15, 0.2) is 5.65 Å². The number of pyridine rings is 1. The minimum Gasteiger partial charge on any atom is -0.475 e. The summed E-state index contributed by atoms with van der Waals surface area (Å²) in [5.74, 6) is -7.15. The summed E-state index contributed by atoms with van der Waals surface area (Å²) in [5.41, 5.74) is 12.7. The van der Waals surface area contributed by atoms with Gasteiger partial charge in [-0.05, 0) is 73.6 Å². The van der Waals surface area contributed by atoms with E-state index < -0.39 is 36.4 Å². The van der Waals surface area contributed by atoms with E-state index in [1.807, 2.05) is 12.4 Å². The molecule has 2 bridgehead atoms. The molecule has 6 N–H and O–H groups in total. The summed E-state index contributed by atoms with van der Waals surface area (Å²) in [6.07, 6.45) is -3.19. The van der Waals surface area contributed by atoms with Crippen molar-refractivity contribution in [2.24, 2.45) is 0 Å². The van der Waals surface area contributed by atoms with E-state index in [9.17, 15) is 39.5 Å². The highest BCUT2D eigenvalue weighted by Gasteiger charge is 2.40. The molecule has 2 aliphatic heterocycles. The quantitative estimate of drug-likeness (QED) is 0.111. The van der Waals surface area contributed by atoms with E-state index in [4.69, 9.17) is 50.4 Å². The number of anilines is 1. The number of thiazole rings is 1. The highest BCUT2D eigenvalue weighted by molar-refractivity contribution is 14.1. The molecule has 3 aliphatic rings. The Labute approximate surface area is 314 Å². The molecule has 0 saturated carbocycles. The predicted octanol–water partition coefficient (Wildman–Crippen LogP) is 6.49. The number of nitrogens with two attached hydrogens (primary N) is 1. The molecular weight excluding hydrogens is 884 g/mol. The second-order valence-electron chi connectivity index (χ2n) is 11.9. The predicted molar refractivity (Wildman–Crippen MR) is 179 cm³/mol. The van der Waals surface area contributed by atoms with Gasteiger partial charge in [-0.15, -0.1) is 11.3 Å². The maximum Gasteiger partial charge on any atom is 0.490 e. The first-order valence-electron chi connectivity index (χ1n) is 15.4. The standard InChI is InChI=1S/C24H24IN7S.3C2HF3O2/c25-20-21(13-8-14-5-6-15(9-13)29-14)31-23-16(11-28-32(23)22(20)26)12-4-7-18(27-10-12)24-30-17-2-1-3-19(17)33-24;3*3-2(4,5)1(6)7/h4,7,10-11,13-15,29H,1-3,5-6,8-9,26H2;3*(H,6,7)/t13-,14+,15-;;;. The smallest absolute Gasteiger partial charge is 0.475 e. The number of aryl methyl sites for hydroxylation is 2. The number of halogens is 10. The molecule has 3 atom stereocenters. The maximum atomic E-state index is 10.6. The van der Waals surface area contributed by atoms with Crippen LogP contribution in [-0.2, 0) is 27.2 Å². The molecule has 4 aromatic heterocycles. The molecule has 0 radical (unpaired) electrons. The molecule has 54 heavy (non-hydrogen) atoms. The summed E-state index contributed by atoms with van der Waals surface area (Å²) in [7, 11) is 0. The van der Waals surface area contributed by atoms with Gasteiger partial charge in [-0.1, -0.05) is 6.07 Å². The summed E-state index contributed by atoms with van der Waals surface area (Å²) in [6, 6.07) is 5.38. The van der Waals surface area contributed by atoms with E-state index in [2.05, 4.69) is 45.1 Å². The van der Waals surface area contributed by atoms with E-state index in [-0.39, 0.29) is 0 Å². The lowest BCUT2D eigenvalue weighted by atomic mass is 9.89. The van der Waals surface area contributed by atoms with Gasteiger partial charge in [0.2, 0.25) is 0 Å². The molecule has 0 amide bonds. The van der Waals surface area contributed by atoms with Crippen LogP contribution in [0.25, 0.3) is 27.5 Å². The number of aliphatic carboxylic acids is 3. The van der Waals surface area contributed by atoms with Crippen LogP contribution < -0.4 is 11.1 Å². The zero-order valence-electron chi connectivity index (χ0n) is 27.1. The number of carbonyl (C=O) groups is 3. The minimum atomic E-state index is -5.08. The summed E-state index contributed by atoms with van der Waals surface area (Å²) in [6.45, 7) is 0. The monoisotopic (exact) mass is 911 g/mol. The Hall–Kier alpha value is -4.33. The molecule has 0 aromatic carbocycles. The fourth-order valence-electron chi connectivity index (χ4n) is 5.75. The number of rotatable bonds is 3. The van der Waals surface area contributed by atoms with Crippen LogP contribution in [0.3, 0.4) is 0 Å². The van der Waals surface area contributed by atoms with Crippen LogP contribution >= 0.6 is 33.9 Å².